The summed E-state index contributed by atoms with van der Waals surface area (Å²) in [7, 11) is 0. The highest BCUT2D eigenvalue weighted by atomic mass is 16.3. The number of benzene rings is 12. The maximum absolute atomic E-state index is 6.46. The monoisotopic (exact) mass is 965 g/mol. The molecule has 1 heterocycles. The maximum Gasteiger partial charge on any atom is 0.136 e. The summed E-state index contributed by atoms with van der Waals surface area (Å²) in [4.78, 5) is 2.43. The van der Waals surface area contributed by atoms with Crippen molar-refractivity contribution in [2.24, 2.45) is 0 Å². The van der Waals surface area contributed by atoms with E-state index in [4.69, 9.17) is 4.42 Å². The molecule has 1 unspecified atom stereocenters. The first-order valence-corrected chi connectivity index (χ1v) is 26.4. The summed E-state index contributed by atoms with van der Waals surface area (Å²) in [5.41, 5.74) is 26.8. The summed E-state index contributed by atoms with van der Waals surface area (Å²) in [5, 5.41) is 2.29. The van der Waals surface area contributed by atoms with Crippen LogP contribution in [0.5, 0.6) is 0 Å². The minimum atomic E-state index is -0.516. The highest BCUT2D eigenvalue weighted by Crippen LogP contribution is 2.65. The van der Waals surface area contributed by atoms with E-state index in [0.717, 1.165) is 44.6 Å². The molecule has 16 rings (SSSR count). The summed E-state index contributed by atoms with van der Waals surface area (Å²) in [6.45, 7) is 0. The van der Waals surface area contributed by atoms with Crippen molar-refractivity contribution >= 4 is 39.0 Å². The lowest BCUT2D eigenvalue weighted by molar-refractivity contribution is 0.669. The molecule has 354 valence electrons. The second-order valence-electron chi connectivity index (χ2n) is 20.6. The van der Waals surface area contributed by atoms with E-state index < -0.39 is 10.8 Å². The molecule has 0 N–H and O–H groups in total. The van der Waals surface area contributed by atoms with Gasteiger partial charge in [-0.2, -0.15) is 0 Å². The molecule has 0 radical (unpaired) electrons. The van der Waals surface area contributed by atoms with Crippen LogP contribution in [-0.4, -0.2) is 0 Å². The van der Waals surface area contributed by atoms with E-state index in [0.29, 0.717) is 0 Å². The van der Waals surface area contributed by atoms with Gasteiger partial charge in [-0.25, -0.2) is 0 Å². The molecule has 3 aliphatic carbocycles. The fourth-order valence-corrected chi connectivity index (χ4v) is 14.0. The molecule has 2 nitrogen and oxygen atoms in total. The largest absolute Gasteiger partial charge is 0.456 e. The predicted molar refractivity (Wildman–Crippen MR) is 313 cm³/mol. The molecule has 0 saturated heterocycles. The highest BCUT2D eigenvalue weighted by molar-refractivity contribution is 6.15. The summed E-state index contributed by atoms with van der Waals surface area (Å²) < 4.78 is 6.46. The average molecular weight is 966 g/mol. The van der Waals surface area contributed by atoms with Crippen molar-refractivity contribution in [2.45, 2.75) is 10.8 Å². The van der Waals surface area contributed by atoms with Crippen LogP contribution < -0.4 is 4.90 Å². The van der Waals surface area contributed by atoms with E-state index in [1.165, 1.54) is 94.6 Å². The summed E-state index contributed by atoms with van der Waals surface area (Å²) in [5.74, 6) is 0. The molecular weight excluding hydrogens is 919 g/mol. The van der Waals surface area contributed by atoms with Crippen molar-refractivity contribution in [3.05, 3.63) is 330 Å². The predicted octanol–water partition coefficient (Wildman–Crippen LogP) is 19.1. The van der Waals surface area contributed by atoms with Crippen molar-refractivity contribution in [1.82, 2.24) is 0 Å². The molecule has 76 heavy (non-hydrogen) atoms. The lowest BCUT2D eigenvalue weighted by Gasteiger charge is -2.35. The second kappa shape index (κ2) is 16.4. The Kier molecular flexibility index (Phi) is 9.20. The van der Waals surface area contributed by atoms with Gasteiger partial charge in [-0.1, -0.05) is 231 Å². The Morgan fingerprint density at radius 2 is 0.763 bits per heavy atom. The van der Waals surface area contributed by atoms with Gasteiger partial charge in [0.1, 0.15) is 11.2 Å². The van der Waals surface area contributed by atoms with Gasteiger partial charge in [0.25, 0.3) is 0 Å². The zero-order valence-electron chi connectivity index (χ0n) is 41.5. The number of hydrogen-bond donors (Lipinski definition) is 0. The van der Waals surface area contributed by atoms with Crippen LogP contribution in [0.2, 0.25) is 0 Å². The van der Waals surface area contributed by atoms with E-state index in [1.807, 2.05) is 0 Å². The molecule has 0 aliphatic heterocycles. The van der Waals surface area contributed by atoms with Gasteiger partial charge in [0.05, 0.1) is 10.8 Å². The van der Waals surface area contributed by atoms with Gasteiger partial charge >= 0.3 is 0 Å². The van der Waals surface area contributed by atoms with Crippen LogP contribution in [0.4, 0.5) is 17.1 Å². The highest BCUT2D eigenvalue weighted by Gasteiger charge is 2.52. The zero-order valence-corrected chi connectivity index (χ0v) is 41.5. The Hall–Kier alpha value is -9.76. The van der Waals surface area contributed by atoms with Crippen LogP contribution in [0, 0.1) is 0 Å². The fourth-order valence-electron chi connectivity index (χ4n) is 14.0. The number of rotatable bonds is 7. The quantitative estimate of drug-likeness (QED) is 0.158. The SMILES string of the molecule is c1ccc(N(c2cccc(-c3ccc4c(c3)-c3ccccc3C43c4ccccc4-c4c(-c5cccc6oc7ccccc7c56)cccc43)c2)c2ccc3c(c2)C(c2ccccc2)(c2ccccc2)c2ccccc2-3)cc1. The molecule has 0 fully saturated rings. The smallest absolute Gasteiger partial charge is 0.136 e. The van der Waals surface area contributed by atoms with E-state index in [-0.39, 0.29) is 0 Å². The molecule has 3 aliphatic rings. The third-order valence-electron chi connectivity index (χ3n) is 17.0. The second-order valence-corrected chi connectivity index (χ2v) is 20.6. The number of furan rings is 1. The molecule has 0 saturated carbocycles. The lowest BCUT2D eigenvalue weighted by Crippen LogP contribution is -2.28. The van der Waals surface area contributed by atoms with Gasteiger partial charge < -0.3 is 9.32 Å². The first kappa shape index (κ1) is 42.7. The summed E-state index contributed by atoms with van der Waals surface area (Å²) in [6, 6.07) is 106. The van der Waals surface area contributed by atoms with E-state index >= 15 is 0 Å². The third kappa shape index (κ3) is 5.81. The van der Waals surface area contributed by atoms with Crippen molar-refractivity contribution < 1.29 is 4.42 Å². The standard InChI is InChI=1S/C74H47NO/c1-4-22-50(23-5-1)73(51-24-6-2-7-25-51)63-35-14-10-29-55(63)57-43-42-54(47-68(57)73)75(52-26-8-3-9-27-52)53-28-18-21-48(45-53)49-41-44-66-62(46-49)56-30-11-15-36-64(56)74(66)65-37-16-12-31-60(65)71-58(33-19-38-67(71)74)59-34-20-40-70-72(59)61-32-13-17-39-69(61)76-70/h1-47H. The minimum Gasteiger partial charge on any atom is -0.456 e. The van der Waals surface area contributed by atoms with Gasteiger partial charge in [-0.3, -0.25) is 0 Å². The number of fused-ring (bicyclic) bond motifs is 16. The number of hydrogen-bond acceptors (Lipinski definition) is 2. The Labute approximate surface area is 442 Å². The molecule has 2 heteroatoms. The molecular formula is C74H47NO. The minimum absolute atomic E-state index is 0.507. The van der Waals surface area contributed by atoms with Crippen LogP contribution in [0.25, 0.3) is 77.6 Å². The van der Waals surface area contributed by atoms with Crippen LogP contribution in [0.15, 0.2) is 290 Å². The molecule has 1 spiro atoms. The average Bonchev–Trinajstić information content (AvgIpc) is 4.39. The maximum atomic E-state index is 6.46. The number of anilines is 3. The third-order valence-corrected chi connectivity index (χ3v) is 17.0. The van der Waals surface area contributed by atoms with E-state index in [9.17, 15) is 0 Å². The van der Waals surface area contributed by atoms with Crippen LogP contribution >= 0.6 is 0 Å². The Balaban J connectivity index is 0.860. The van der Waals surface area contributed by atoms with Crippen LogP contribution in [0.1, 0.15) is 44.5 Å². The summed E-state index contributed by atoms with van der Waals surface area (Å²) in [6.07, 6.45) is 0. The van der Waals surface area contributed by atoms with Gasteiger partial charge in [-0.05, 0) is 155 Å². The van der Waals surface area contributed by atoms with Gasteiger partial charge in [-0.15, -0.1) is 0 Å². The number of para-hydroxylation sites is 2. The molecule has 0 bridgehead atoms. The molecule has 1 aromatic heterocycles. The first-order chi connectivity index (χ1) is 37.7. The van der Waals surface area contributed by atoms with Crippen molar-refractivity contribution in [3.63, 3.8) is 0 Å². The lowest BCUT2D eigenvalue weighted by atomic mass is 9.67. The zero-order chi connectivity index (χ0) is 50.0. The Bertz CT molecular complexity index is 4430. The van der Waals surface area contributed by atoms with Gasteiger partial charge in [0.15, 0.2) is 0 Å². The molecule has 0 amide bonds. The fraction of sp³-hybridized carbons (Fsp3) is 0.0270. The molecule has 1 atom stereocenters. The summed E-state index contributed by atoms with van der Waals surface area (Å²) >= 11 is 0. The van der Waals surface area contributed by atoms with Gasteiger partial charge in [0, 0.05) is 27.8 Å². The van der Waals surface area contributed by atoms with Crippen LogP contribution in [-0.2, 0) is 10.8 Å². The van der Waals surface area contributed by atoms with E-state index in [2.05, 4.69) is 290 Å². The van der Waals surface area contributed by atoms with Crippen LogP contribution in [0.3, 0.4) is 0 Å². The van der Waals surface area contributed by atoms with Crippen molar-refractivity contribution in [2.75, 3.05) is 4.90 Å². The Morgan fingerprint density at radius 1 is 0.263 bits per heavy atom. The van der Waals surface area contributed by atoms with Crippen molar-refractivity contribution in [1.29, 1.82) is 0 Å². The van der Waals surface area contributed by atoms with E-state index in [1.54, 1.807) is 0 Å². The Morgan fingerprint density at radius 3 is 1.53 bits per heavy atom. The van der Waals surface area contributed by atoms with Crippen molar-refractivity contribution in [3.8, 4) is 55.6 Å². The molecule has 12 aromatic carbocycles. The van der Waals surface area contributed by atoms with Gasteiger partial charge in [0.2, 0.25) is 0 Å². The topological polar surface area (TPSA) is 16.4 Å². The first-order valence-electron chi connectivity index (χ1n) is 26.4. The molecule has 13 aromatic rings. The number of nitrogens with zero attached hydrogens (tertiary/aromatic N) is 1. The normalized spacial score (nSPS) is 15.0.